The number of carbonyl (C=O) groups excluding carboxylic acids is 1. The maximum absolute atomic E-state index is 13.2. The van der Waals surface area contributed by atoms with E-state index in [0.29, 0.717) is 50.2 Å². The van der Waals surface area contributed by atoms with E-state index in [2.05, 4.69) is 15.9 Å². The molecule has 0 aliphatic carbocycles. The summed E-state index contributed by atoms with van der Waals surface area (Å²) >= 11 is 3.31. The van der Waals surface area contributed by atoms with Crippen molar-refractivity contribution in [2.75, 3.05) is 40.0 Å². The number of rotatable bonds is 4. The summed E-state index contributed by atoms with van der Waals surface area (Å²) in [6.45, 7) is 2.32. The van der Waals surface area contributed by atoms with Gasteiger partial charge in [0.2, 0.25) is 15.9 Å². The average molecular weight is 433 g/mol. The fraction of sp³-hybridized carbons (Fsp3) is 0.562. The first kappa shape index (κ1) is 18.6. The van der Waals surface area contributed by atoms with Gasteiger partial charge in [-0.25, -0.2) is 8.42 Å². The minimum atomic E-state index is -3.84. The van der Waals surface area contributed by atoms with Crippen LogP contribution in [0, 0.1) is 0 Å². The molecule has 0 aromatic heterocycles. The number of morpholine rings is 1. The van der Waals surface area contributed by atoms with Crippen LogP contribution in [0.25, 0.3) is 0 Å². The Bertz CT molecular complexity index is 749. The number of halogens is 1. The number of hydrogen-bond acceptors (Lipinski definition) is 5. The van der Waals surface area contributed by atoms with E-state index in [1.165, 1.54) is 17.5 Å². The van der Waals surface area contributed by atoms with Crippen molar-refractivity contribution in [1.29, 1.82) is 0 Å². The zero-order valence-corrected chi connectivity index (χ0v) is 16.4. The molecule has 3 rings (SSSR count). The van der Waals surface area contributed by atoms with E-state index in [1.54, 1.807) is 17.0 Å². The number of carbonyl (C=O) groups is 1. The molecule has 9 heteroatoms. The Kier molecular flexibility index (Phi) is 5.67. The molecular formula is C16H21BrN2O5S. The lowest BCUT2D eigenvalue weighted by Gasteiger charge is -2.32. The van der Waals surface area contributed by atoms with Crippen molar-refractivity contribution in [2.24, 2.45) is 0 Å². The number of nitrogens with zero attached hydrogens (tertiary/aromatic N) is 2. The molecule has 0 spiro atoms. The van der Waals surface area contributed by atoms with E-state index in [4.69, 9.17) is 9.47 Å². The van der Waals surface area contributed by atoms with Gasteiger partial charge in [-0.2, -0.15) is 4.31 Å². The molecule has 0 radical (unpaired) electrons. The van der Waals surface area contributed by atoms with E-state index in [-0.39, 0.29) is 16.6 Å². The van der Waals surface area contributed by atoms with Crippen LogP contribution in [0.5, 0.6) is 5.75 Å². The first-order valence-corrected chi connectivity index (χ1v) is 10.4. The molecule has 138 valence electrons. The van der Waals surface area contributed by atoms with Crippen LogP contribution in [-0.4, -0.2) is 69.5 Å². The fourth-order valence-electron chi connectivity index (χ4n) is 3.25. The smallest absolute Gasteiger partial charge is 0.247 e. The highest BCUT2D eigenvalue weighted by Crippen LogP contribution is 2.34. The third-order valence-corrected chi connectivity index (χ3v) is 6.95. The second-order valence-corrected chi connectivity index (χ2v) is 8.78. The van der Waals surface area contributed by atoms with Crippen molar-refractivity contribution in [3.05, 3.63) is 22.7 Å². The van der Waals surface area contributed by atoms with Gasteiger partial charge < -0.3 is 14.4 Å². The normalized spacial score (nSPS) is 22.2. The van der Waals surface area contributed by atoms with Crippen LogP contribution in [0.2, 0.25) is 0 Å². The van der Waals surface area contributed by atoms with Crippen molar-refractivity contribution in [1.82, 2.24) is 9.21 Å². The largest absolute Gasteiger partial charge is 0.495 e. The summed E-state index contributed by atoms with van der Waals surface area (Å²) in [4.78, 5) is 14.6. The third-order valence-electron chi connectivity index (χ3n) is 4.52. The molecular weight excluding hydrogens is 412 g/mol. The molecule has 25 heavy (non-hydrogen) atoms. The van der Waals surface area contributed by atoms with Gasteiger partial charge in [0, 0.05) is 24.1 Å². The zero-order valence-electron chi connectivity index (χ0n) is 14.0. The minimum absolute atomic E-state index is 0.0750. The first-order valence-electron chi connectivity index (χ1n) is 8.17. The summed E-state index contributed by atoms with van der Waals surface area (Å²) in [5.41, 5.74) is 0. The van der Waals surface area contributed by atoms with Crippen molar-refractivity contribution in [3.8, 4) is 5.75 Å². The molecule has 1 amide bonds. The van der Waals surface area contributed by atoms with Crippen molar-refractivity contribution in [3.63, 3.8) is 0 Å². The van der Waals surface area contributed by atoms with Crippen LogP contribution < -0.4 is 4.74 Å². The van der Waals surface area contributed by atoms with Crippen LogP contribution in [0.3, 0.4) is 0 Å². The highest BCUT2D eigenvalue weighted by molar-refractivity contribution is 9.10. The lowest BCUT2D eigenvalue weighted by atomic mass is 10.2. The van der Waals surface area contributed by atoms with E-state index in [0.717, 1.165) is 0 Å². The molecule has 0 N–H and O–H groups in total. The van der Waals surface area contributed by atoms with Crippen LogP contribution in [0.1, 0.15) is 12.8 Å². The lowest BCUT2D eigenvalue weighted by molar-refractivity contribution is -0.138. The Morgan fingerprint density at radius 1 is 1.28 bits per heavy atom. The summed E-state index contributed by atoms with van der Waals surface area (Å²) in [5, 5.41) is 0. The van der Waals surface area contributed by atoms with Gasteiger partial charge in [-0.05, 0) is 31.0 Å². The van der Waals surface area contributed by atoms with E-state index in [9.17, 15) is 13.2 Å². The van der Waals surface area contributed by atoms with Gasteiger partial charge in [-0.3, -0.25) is 4.79 Å². The molecule has 0 saturated carbocycles. The highest BCUT2D eigenvalue weighted by atomic mass is 79.9. The quantitative estimate of drug-likeness (QED) is 0.719. The van der Waals surface area contributed by atoms with Crippen LogP contribution in [0.4, 0.5) is 0 Å². The van der Waals surface area contributed by atoms with Gasteiger partial charge in [0.15, 0.2) is 0 Å². The Hall–Kier alpha value is -1.16. The summed E-state index contributed by atoms with van der Waals surface area (Å²) in [6.07, 6.45) is 1.20. The van der Waals surface area contributed by atoms with Gasteiger partial charge in [0.05, 0.1) is 20.3 Å². The molecule has 2 fully saturated rings. The van der Waals surface area contributed by atoms with Crippen LogP contribution in [-0.2, 0) is 19.6 Å². The topological polar surface area (TPSA) is 76.2 Å². The molecule has 2 heterocycles. The zero-order chi connectivity index (χ0) is 18.0. The van der Waals surface area contributed by atoms with Gasteiger partial charge in [0.25, 0.3) is 0 Å². The summed E-state index contributed by atoms with van der Waals surface area (Å²) in [7, 11) is -2.40. The maximum Gasteiger partial charge on any atom is 0.247 e. The van der Waals surface area contributed by atoms with Gasteiger partial charge in [-0.1, -0.05) is 15.9 Å². The van der Waals surface area contributed by atoms with Crippen molar-refractivity contribution < 1.29 is 22.7 Å². The van der Waals surface area contributed by atoms with E-state index in [1.807, 2.05) is 0 Å². The molecule has 1 aromatic carbocycles. The maximum atomic E-state index is 13.2. The number of amides is 1. The molecule has 1 aromatic rings. The highest BCUT2D eigenvalue weighted by Gasteiger charge is 2.42. The number of hydrogen-bond donors (Lipinski definition) is 0. The average Bonchev–Trinajstić information content (AvgIpc) is 3.12. The Morgan fingerprint density at radius 3 is 2.68 bits per heavy atom. The first-order chi connectivity index (χ1) is 11.9. The number of sulfonamides is 1. The monoisotopic (exact) mass is 432 g/mol. The van der Waals surface area contributed by atoms with E-state index < -0.39 is 16.1 Å². The van der Waals surface area contributed by atoms with Crippen molar-refractivity contribution >= 4 is 31.9 Å². The molecule has 2 saturated heterocycles. The van der Waals surface area contributed by atoms with Gasteiger partial charge in [0.1, 0.15) is 16.7 Å². The number of ether oxygens (including phenoxy) is 2. The van der Waals surface area contributed by atoms with Gasteiger partial charge in [-0.15, -0.1) is 0 Å². The number of benzene rings is 1. The Balaban J connectivity index is 1.91. The SMILES string of the molecule is COc1ccc(Br)cc1S(=O)(=O)N1CCC[C@@H]1C(=O)N1CCOCC1. The van der Waals surface area contributed by atoms with E-state index >= 15 is 0 Å². The molecule has 7 nitrogen and oxygen atoms in total. The van der Waals surface area contributed by atoms with Crippen LogP contribution in [0.15, 0.2) is 27.6 Å². The standard InChI is InChI=1S/C16H21BrN2O5S/c1-23-14-5-4-12(17)11-15(14)25(21,22)19-6-2-3-13(19)16(20)18-7-9-24-10-8-18/h4-5,11,13H,2-3,6-10H2,1H3/t13-/m1/s1. The van der Waals surface area contributed by atoms with Crippen LogP contribution >= 0.6 is 15.9 Å². The third kappa shape index (κ3) is 3.69. The molecule has 0 unspecified atom stereocenters. The number of methoxy groups -OCH3 is 1. The van der Waals surface area contributed by atoms with Crippen molar-refractivity contribution in [2.45, 2.75) is 23.8 Å². The summed E-state index contributed by atoms with van der Waals surface area (Å²) in [5.74, 6) is 0.131. The predicted molar refractivity (Wildman–Crippen MR) is 95.0 cm³/mol. The lowest BCUT2D eigenvalue weighted by Crippen LogP contribution is -2.51. The van der Waals surface area contributed by atoms with Gasteiger partial charge >= 0.3 is 0 Å². The second-order valence-electron chi connectivity index (χ2n) is 6.01. The molecule has 2 aliphatic rings. The Labute approximate surface area is 156 Å². The summed E-state index contributed by atoms with van der Waals surface area (Å²) in [6, 6.07) is 4.18. The molecule has 0 bridgehead atoms. The minimum Gasteiger partial charge on any atom is -0.495 e. The predicted octanol–water partition coefficient (Wildman–Crippen LogP) is 1.47. The molecule has 1 atom stereocenters. The fourth-order valence-corrected chi connectivity index (χ4v) is 5.59. The second kappa shape index (κ2) is 7.61. The molecule has 2 aliphatic heterocycles. The Morgan fingerprint density at radius 2 is 2.00 bits per heavy atom. The summed E-state index contributed by atoms with van der Waals surface area (Å²) < 4.78 is 38.8.